The van der Waals surface area contributed by atoms with Gasteiger partial charge >= 0.3 is 0 Å². The maximum Gasteiger partial charge on any atom is 0.224 e. The first kappa shape index (κ1) is 11.0. The summed E-state index contributed by atoms with van der Waals surface area (Å²) in [6.07, 6.45) is 1.07. The van der Waals surface area contributed by atoms with E-state index in [-0.39, 0.29) is 0 Å². The van der Waals surface area contributed by atoms with Crippen LogP contribution in [0.25, 0.3) is 0 Å². The van der Waals surface area contributed by atoms with E-state index in [1.165, 1.54) is 0 Å². The van der Waals surface area contributed by atoms with Gasteiger partial charge in [-0.3, -0.25) is 0 Å². The van der Waals surface area contributed by atoms with Gasteiger partial charge in [-0.2, -0.15) is 4.98 Å². The molecule has 0 bridgehead atoms. The molecular weight excluding hydrogens is 300 g/mol. The Bertz CT molecular complexity index is 304. The molecule has 0 radical (unpaired) electrons. The van der Waals surface area contributed by atoms with Crippen molar-refractivity contribution in [1.29, 1.82) is 0 Å². The predicted octanol–water partition coefficient (Wildman–Crippen LogP) is 2.86. The lowest BCUT2D eigenvalue weighted by Gasteiger charge is -2.07. The maximum absolute atomic E-state index is 5.74. The van der Waals surface area contributed by atoms with Gasteiger partial charge in [-0.1, -0.05) is 6.92 Å². The van der Waals surface area contributed by atoms with Crippen molar-refractivity contribution in [2.75, 3.05) is 11.9 Å². The second kappa shape index (κ2) is 4.95. The van der Waals surface area contributed by atoms with Gasteiger partial charge in [0.1, 0.15) is 5.82 Å². The summed E-state index contributed by atoms with van der Waals surface area (Å²) in [5.74, 6) is 0.833. The zero-order valence-electron chi connectivity index (χ0n) is 7.56. The molecule has 0 aliphatic carbocycles. The molecule has 5 heteroatoms. The van der Waals surface area contributed by atoms with Gasteiger partial charge in [0.05, 0.1) is 9.26 Å². The molecule has 0 unspecified atom stereocenters. The Morgan fingerprint density at radius 1 is 1.46 bits per heavy atom. The minimum absolute atomic E-state index is 0.302. The van der Waals surface area contributed by atoms with E-state index >= 15 is 0 Å². The molecule has 0 saturated carbocycles. The van der Waals surface area contributed by atoms with E-state index in [2.05, 4.69) is 44.8 Å². The van der Waals surface area contributed by atoms with Gasteiger partial charge in [0.2, 0.25) is 5.28 Å². The Balaban J connectivity index is 2.92. The Labute approximate surface area is 96.4 Å². The number of aromatic nitrogens is 2. The van der Waals surface area contributed by atoms with Crippen molar-refractivity contribution >= 4 is 40.0 Å². The van der Waals surface area contributed by atoms with Gasteiger partial charge in [-0.25, -0.2) is 4.98 Å². The molecule has 0 spiro atoms. The van der Waals surface area contributed by atoms with Gasteiger partial charge in [0, 0.05) is 6.54 Å². The van der Waals surface area contributed by atoms with Crippen LogP contribution >= 0.6 is 34.2 Å². The van der Waals surface area contributed by atoms with E-state index in [9.17, 15) is 0 Å². The summed E-state index contributed by atoms with van der Waals surface area (Å²) in [5, 5.41) is 3.50. The van der Waals surface area contributed by atoms with E-state index in [0.717, 1.165) is 28.0 Å². The largest absolute Gasteiger partial charge is 0.369 e. The first-order valence-corrected chi connectivity index (χ1v) is 5.54. The zero-order chi connectivity index (χ0) is 9.84. The Hall–Kier alpha value is -0.100. The molecule has 0 saturated heterocycles. The van der Waals surface area contributed by atoms with Crippen molar-refractivity contribution in [1.82, 2.24) is 9.97 Å². The Morgan fingerprint density at radius 3 is 2.77 bits per heavy atom. The van der Waals surface area contributed by atoms with E-state index in [1.807, 2.05) is 6.92 Å². The molecule has 1 aromatic heterocycles. The van der Waals surface area contributed by atoms with Gasteiger partial charge in [-0.05, 0) is 47.5 Å². The summed E-state index contributed by atoms with van der Waals surface area (Å²) in [4.78, 5) is 8.16. The summed E-state index contributed by atoms with van der Waals surface area (Å²) in [6.45, 7) is 4.94. The number of halogens is 2. The molecule has 72 valence electrons. The molecule has 0 amide bonds. The lowest BCUT2D eigenvalue weighted by atomic mass is 10.4. The number of anilines is 1. The summed E-state index contributed by atoms with van der Waals surface area (Å²) in [5.41, 5.74) is 0.916. The molecule has 1 N–H and O–H groups in total. The molecule has 1 aromatic rings. The number of rotatable bonds is 3. The fraction of sp³-hybridized carbons (Fsp3) is 0.500. The molecule has 13 heavy (non-hydrogen) atoms. The number of hydrogen-bond acceptors (Lipinski definition) is 3. The van der Waals surface area contributed by atoms with Crippen LogP contribution in [0.4, 0.5) is 5.82 Å². The van der Waals surface area contributed by atoms with Gasteiger partial charge in [-0.15, -0.1) is 0 Å². The summed E-state index contributed by atoms with van der Waals surface area (Å²) in [6, 6.07) is 0. The lowest BCUT2D eigenvalue weighted by Crippen LogP contribution is -2.06. The zero-order valence-corrected chi connectivity index (χ0v) is 10.5. The lowest BCUT2D eigenvalue weighted by molar-refractivity contribution is 0.956. The summed E-state index contributed by atoms with van der Waals surface area (Å²) in [7, 11) is 0. The summed E-state index contributed by atoms with van der Waals surface area (Å²) >= 11 is 7.95. The highest BCUT2D eigenvalue weighted by Gasteiger charge is 2.06. The van der Waals surface area contributed by atoms with Crippen molar-refractivity contribution in [3.8, 4) is 0 Å². The average Bonchev–Trinajstić information content (AvgIpc) is 2.09. The van der Waals surface area contributed by atoms with Crippen molar-refractivity contribution in [2.45, 2.75) is 20.3 Å². The third kappa shape index (κ3) is 2.95. The Morgan fingerprint density at radius 2 is 2.15 bits per heavy atom. The third-order valence-corrected chi connectivity index (χ3v) is 2.99. The van der Waals surface area contributed by atoms with Crippen LogP contribution in [0.2, 0.25) is 5.28 Å². The second-order valence-corrected chi connectivity index (χ2v) is 4.08. The normalized spacial score (nSPS) is 10.2. The molecule has 0 aliphatic rings. The highest BCUT2D eigenvalue weighted by Crippen LogP contribution is 2.19. The highest BCUT2D eigenvalue weighted by molar-refractivity contribution is 14.1. The second-order valence-electron chi connectivity index (χ2n) is 2.67. The van der Waals surface area contributed by atoms with E-state index in [1.54, 1.807) is 0 Å². The highest BCUT2D eigenvalue weighted by atomic mass is 127. The van der Waals surface area contributed by atoms with Crippen LogP contribution in [-0.2, 0) is 0 Å². The van der Waals surface area contributed by atoms with Crippen molar-refractivity contribution < 1.29 is 0 Å². The van der Waals surface area contributed by atoms with Crippen LogP contribution in [0.3, 0.4) is 0 Å². The van der Waals surface area contributed by atoms with Gasteiger partial charge < -0.3 is 5.32 Å². The van der Waals surface area contributed by atoms with Crippen molar-refractivity contribution in [3.05, 3.63) is 14.5 Å². The molecular formula is C8H11ClIN3. The van der Waals surface area contributed by atoms with E-state index < -0.39 is 0 Å². The van der Waals surface area contributed by atoms with E-state index in [0.29, 0.717) is 5.28 Å². The quantitative estimate of drug-likeness (QED) is 0.689. The standard InChI is InChI=1S/C8H11ClIN3/c1-3-4-11-7-6(10)5(2)12-8(9)13-7/h3-4H2,1-2H3,(H,11,12,13). The molecule has 0 atom stereocenters. The number of nitrogens with zero attached hydrogens (tertiary/aromatic N) is 2. The van der Waals surface area contributed by atoms with Crippen molar-refractivity contribution in [3.63, 3.8) is 0 Å². The molecule has 1 rings (SSSR count). The van der Waals surface area contributed by atoms with Crippen LogP contribution in [0.5, 0.6) is 0 Å². The fourth-order valence-corrected chi connectivity index (χ4v) is 1.53. The van der Waals surface area contributed by atoms with Crippen LogP contribution in [0, 0.1) is 10.5 Å². The minimum Gasteiger partial charge on any atom is -0.369 e. The van der Waals surface area contributed by atoms with E-state index in [4.69, 9.17) is 11.6 Å². The fourth-order valence-electron chi connectivity index (χ4n) is 0.886. The monoisotopic (exact) mass is 311 g/mol. The molecule has 1 heterocycles. The third-order valence-electron chi connectivity index (χ3n) is 1.53. The molecule has 0 aromatic carbocycles. The number of hydrogen-bond donors (Lipinski definition) is 1. The average molecular weight is 312 g/mol. The van der Waals surface area contributed by atoms with Crippen LogP contribution in [0.1, 0.15) is 19.0 Å². The summed E-state index contributed by atoms with van der Waals surface area (Å²) < 4.78 is 1.04. The maximum atomic E-state index is 5.74. The number of aryl methyl sites for hydroxylation is 1. The number of nitrogens with one attached hydrogen (secondary N) is 1. The van der Waals surface area contributed by atoms with Crippen LogP contribution < -0.4 is 5.32 Å². The first-order valence-electron chi connectivity index (χ1n) is 4.08. The topological polar surface area (TPSA) is 37.8 Å². The SMILES string of the molecule is CCCNc1nc(Cl)nc(C)c1I. The molecule has 3 nitrogen and oxygen atoms in total. The Kier molecular flexibility index (Phi) is 4.18. The molecule has 0 fully saturated rings. The van der Waals surface area contributed by atoms with Gasteiger partial charge in [0.15, 0.2) is 0 Å². The minimum atomic E-state index is 0.302. The van der Waals surface area contributed by atoms with Crippen LogP contribution in [0.15, 0.2) is 0 Å². The predicted molar refractivity (Wildman–Crippen MR) is 63.3 cm³/mol. The molecule has 0 aliphatic heterocycles. The van der Waals surface area contributed by atoms with Gasteiger partial charge in [0.25, 0.3) is 0 Å². The van der Waals surface area contributed by atoms with Crippen LogP contribution in [-0.4, -0.2) is 16.5 Å². The first-order chi connectivity index (χ1) is 6.15. The smallest absolute Gasteiger partial charge is 0.224 e. The van der Waals surface area contributed by atoms with Crippen molar-refractivity contribution in [2.24, 2.45) is 0 Å².